The summed E-state index contributed by atoms with van der Waals surface area (Å²) in [7, 11) is -3.98. The summed E-state index contributed by atoms with van der Waals surface area (Å²) in [5.41, 5.74) is -0.316. The lowest BCUT2D eigenvalue weighted by molar-refractivity contribution is -0.123. The third-order valence-electron chi connectivity index (χ3n) is 3.17. The first kappa shape index (κ1) is 17.7. The minimum Gasteiger partial charge on any atom is -0.379 e. The fraction of sp³-hybridized carbons (Fsp3) is 0.462. The Labute approximate surface area is 131 Å². The molecule has 1 amide bonds. The van der Waals surface area contributed by atoms with Gasteiger partial charge in [-0.05, 0) is 12.1 Å². The zero-order valence-corrected chi connectivity index (χ0v) is 12.8. The van der Waals surface area contributed by atoms with Gasteiger partial charge in [-0.15, -0.1) is 0 Å². The first-order valence-corrected chi connectivity index (χ1v) is 8.18. The molecule has 1 aromatic rings. The van der Waals surface area contributed by atoms with Gasteiger partial charge < -0.3 is 10.1 Å². The Morgan fingerprint density at radius 1 is 1.22 bits per heavy atom. The monoisotopic (exact) mass is 352 g/mol. The van der Waals surface area contributed by atoms with Gasteiger partial charge in [-0.25, -0.2) is 8.42 Å². The highest BCUT2D eigenvalue weighted by atomic mass is 32.2. The highest BCUT2D eigenvalue weighted by molar-refractivity contribution is 7.89. The van der Waals surface area contributed by atoms with Crippen molar-refractivity contribution in [2.24, 2.45) is 0 Å². The molecule has 0 aliphatic carbocycles. The summed E-state index contributed by atoms with van der Waals surface area (Å²) in [6, 6.07) is 5.18. The van der Waals surface area contributed by atoms with Crippen molar-refractivity contribution in [1.29, 1.82) is 0 Å². The third kappa shape index (κ3) is 4.43. The standard InChI is InChI=1S/C13H15F3N2O4S/c14-13(15,16)9-17-12(19)10-3-1-2-4-11(10)23(20,21)18-5-7-22-8-6-18/h1-4H,5-9H2,(H,17,19). The van der Waals surface area contributed by atoms with Crippen molar-refractivity contribution in [3.63, 3.8) is 0 Å². The second-order valence-corrected chi connectivity index (χ2v) is 6.72. The predicted octanol–water partition coefficient (Wildman–Crippen LogP) is 1.000. The molecule has 1 aromatic carbocycles. The number of sulfonamides is 1. The summed E-state index contributed by atoms with van der Waals surface area (Å²) in [4.78, 5) is 11.6. The number of amides is 1. The molecule has 1 saturated heterocycles. The Kier molecular flexibility index (Phi) is 5.27. The van der Waals surface area contributed by atoms with Crippen LogP contribution in [0.1, 0.15) is 10.4 Å². The van der Waals surface area contributed by atoms with Crippen LogP contribution in [0.2, 0.25) is 0 Å². The molecule has 0 aromatic heterocycles. The lowest BCUT2D eigenvalue weighted by atomic mass is 10.2. The number of nitrogens with one attached hydrogen (secondary N) is 1. The van der Waals surface area contributed by atoms with E-state index in [0.717, 1.165) is 4.31 Å². The number of carbonyl (C=O) groups excluding carboxylic acids is 1. The van der Waals surface area contributed by atoms with Gasteiger partial charge >= 0.3 is 6.18 Å². The predicted molar refractivity (Wildman–Crippen MR) is 74.4 cm³/mol. The van der Waals surface area contributed by atoms with Crippen LogP contribution in [0.5, 0.6) is 0 Å². The van der Waals surface area contributed by atoms with Crippen molar-refractivity contribution in [1.82, 2.24) is 9.62 Å². The highest BCUT2D eigenvalue weighted by Crippen LogP contribution is 2.21. The van der Waals surface area contributed by atoms with Crippen molar-refractivity contribution < 1.29 is 31.1 Å². The van der Waals surface area contributed by atoms with Gasteiger partial charge in [0.25, 0.3) is 5.91 Å². The molecule has 0 bridgehead atoms. The molecule has 2 rings (SSSR count). The number of carbonyl (C=O) groups is 1. The molecule has 0 radical (unpaired) electrons. The van der Waals surface area contributed by atoms with Crippen LogP contribution in [0.15, 0.2) is 29.2 Å². The summed E-state index contributed by atoms with van der Waals surface area (Å²) in [6.45, 7) is -0.831. The molecular formula is C13H15F3N2O4S. The molecule has 1 fully saturated rings. The number of morpholine rings is 1. The first-order valence-electron chi connectivity index (χ1n) is 6.74. The van der Waals surface area contributed by atoms with E-state index in [4.69, 9.17) is 4.74 Å². The number of alkyl halides is 3. The zero-order valence-electron chi connectivity index (χ0n) is 12.0. The van der Waals surface area contributed by atoms with Gasteiger partial charge in [-0.3, -0.25) is 4.79 Å². The van der Waals surface area contributed by atoms with E-state index in [-0.39, 0.29) is 36.8 Å². The smallest absolute Gasteiger partial charge is 0.379 e. The number of halogens is 3. The number of ether oxygens (including phenoxy) is 1. The van der Waals surface area contributed by atoms with E-state index >= 15 is 0 Å². The van der Waals surface area contributed by atoms with Crippen LogP contribution in [0.3, 0.4) is 0 Å². The van der Waals surface area contributed by atoms with E-state index in [1.165, 1.54) is 24.3 Å². The first-order chi connectivity index (χ1) is 10.7. The summed E-state index contributed by atoms with van der Waals surface area (Å²) in [5, 5.41) is 1.68. The van der Waals surface area contributed by atoms with Crippen LogP contribution in [0.25, 0.3) is 0 Å². The minimum atomic E-state index is -4.58. The largest absolute Gasteiger partial charge is 0.405 e. The van der Waals surface area contributed by atoms with E-state index in [1.54, 1.807) is 5.32 Å². The van der Waals surface area contributed by atoms with Crippen LogP contribution in [-0.2, 0) is 14.8 Å². The molecule has 1 heterocycles. The fourth-order valence-electron chi connectivity index (χ4n) is 2.08. The Morgan fingerprint density at radius 2 is 1.83 bits per heavy atom. The second kappa shape index (κ2) is 6.85. The Bertz CT molecular complexity index is 670. The Balaban J connectivity index is 2.28. The van der Waals surface area contributed by atoms with Gasteiger partial charge in [-0.1, -0.05) is 12.1 Å². The van der Waals surface area contributed by atoms with E-state index in [9.17, 15) is 26.4 Å². The molecule has 10 heteroatoms. The van der Waals surface area contributed by atoms with Gasteiger partial charge in [0.05, 0.1) is 23.7 Å². The topological polar surface area (TPSA) is 75.7 Å². The summed E-state index contributed by atoms with van der Waals surface area (Å²) in [5.74, 6) is -1.09. The lowest BCUT2D eigenvalue weighted by Gasteiger charge is -2.26. The van der Waals surface area contributed by atoms with Crippen LogP contribution in [-0.4, -0.2) is 57.7 Å². The van der Waals surface area contributed by atoms with Gasteiger partial charge in [0.15, 0.2) is 0 Å². The molecule has 1 N–H and O–H groups in total. The zero-order chi connectivity index (χ0) is 17.1. The third-order valence-corrected chi connectivity index (χ3v) is 5.13. The Morgan fingerprint density at radius 3 is 2.43 bits per heavy atom. The summed E-state index contributed by atoms with van der Waals surface area (Å²) >= 11 is 0. The molecular weight excluding hydrogens is 337 g/mol. The second-order valence-electron chi connectivity index (χ2n) is 4.81. The van der Waals surface area contributed by atoms with Gasteiger partial charge in [0.1, 0.15) is 6.54 Å². The number of benzene rings is 1. The van der Waals surface area contributed by atoms with Gasteiger partial charge in [0, 0.05) is 13.1 Å². The molecule has 128 valence electrons. The van der Waals surface area contributed by atoms with Crippen molar-refractivity contribution in [3.8, 4) is 0 Å². The van der Waals surface area contributed by atoms with E-state index < -0.39 is 28.7 Å². The quantitative estimate of drug-likeness (QED) is 0.877. The van der Waals surface area contributed by atoms with Crippen molar-refractivity contribution in [2.75, 3.05) is 32.8 Å². The normalized spacial score (nSPS) is 17.0. The summed E-state index contributed by atoms with van der Waals surface area (Å²) in [6.07, 6.45) is -4.58. The lowest BCUT2D eigenvalue weighted by Crippen LogP contribution is -2.41. The number of hydrogen-bond acceptors (Lipinski definition) is 4. The maximum absolute atomic E-state index is 12.6. The van der Waals surface area contributed by atoms with Crippen LogP contribution < -0.4 is 5.32 Å². The molecule has 1 aliphatic heterocycles. The molecule has 1 aliphatic rings. The SMILES string of the molecule is O=C(NCC(F)(F)F)c1ccccc1S(=O)(=O)N1CCOCC1. The van der Waals surface area contributed by atoms with Gasteiger partial charge in [0.2, 0.25) is 10.0 Å². The van der Waals surface area contributed by atoms with Crippen LogP contribution >= 0.6 is 0 Å². The van der Waals surface area contributed by atoms with Crippen molar-refractivity contribution in [2.45, 2.75) is 11.1 Å². The average Bonchev–Trinajstić information content (AvgIpc) is 2.53. The molecule has 6 nitrogen and oxygen atoms in total. The Hall–Kier alpha value is -1.65. The molecule has 0 unspecified atom stereocenters. The minimum absolute atomic E-state index is 0.126. The number of nitrogens with zero attached hydrogens (tertiary/aromatic N) is 1. The molecule has 23 heavy (non-hydrogen) atoms. The molecule has 0 spiro atoms. The maximum atomic E-state index is 12.6. The van der Waals surface area contributed by atoms with Crippen molar-refractivity contribution >= 4 is 15.9 Å². The maximum Gasteiger partial charge on any atom is 0.405 e. The number of rotatable bonds is 4. The average molecular weight is 352 g/mol. The van der Waals surface area contributed by atoms with E-state index in [1.807, 2.05) is 0 Å². The molecule has 0 atom stereocenters. The van der Waals surface area contributed by atoms with E-state index in [2.05, 4.69) is 0 Å². The summed E-state index contributed by atoms with van der Waals surface area (Å²) < 4.78 is 68.0. The van der Waals surface area contributed by atoms with Crippen LogP contribution in [0.4, 0.5) is 13.2 Å². The van der Waals surface area contributed by atoms with Gasteiger partial charge in [-0.2, -0.15) is 17.5 Å². The van der Waals surface area contributed by atoms with Crippen LogP contribution in [0, 0.1) is 0 Å². The van der Waals surface area contributed by atoms with E-state index in [0.29, 0.717) is 0 Å². The number of hydrogen-bond donors (Lipinski definition) is 1. The highest BCUT2D eigenvalue weighted by Gasteiger charge is 2.32. The van der Waals surface area contributed by atoms with Crippen molar-refractivity contribution in [3.05, 3.63) is 29.8 Å². The fourth-order valence-corrected chi connectivity index (χ4v) is 3.68. The molecule has 0 saturated carbocycles.